The van der Waals surface area contributed by atoms with Crippen LogP contribution in [0.2, 0.25) is 0 Å². The SMILES string of the molecule is O=C(CCCCCNC(=O)CN(CC(=O)NCCCCCCN(CCO[C@@H]1O[C@H](CO)[C@@H](O)[C@H](O)[C@@H]1O)CCO[C@H]1O[C@H](CO[C@H]2O[C@H](CO)[C@@H](O)[C@H](O)[C@@H]2O)[C@@H](O)[C@H](O[C@H]2O[C@H](CO)[C@@H](O)[C@H](O)[C@@H]2O)[C@@H]1O)CC(=O)NCCCCCC(=O)ON1C(=O)CCC1=O)CCCO[C@@H]1O[C@H](CO[C@H]2O[C@H](CO)[C@@H](O)[C@H](O)[C@@H]2O)[C@@H](O)[C@H](O[C@H]2O[C@H](CO)[C@@H](O)[C@H](O)[C@@H]2O)[C@@H]1O. The number of Topliss-reactive ketones (excluding diaryl/α,β-unsaturated/α-hetero) is 1. The first-order chi connectivity index (χ1) is 61.6. The fourth-order valence-electron chi connectivity index (χ4n) is 15.3. The lowest BCUT2D eigenvalue weighted by Gasteiger charge is -2.46. The molecule has 8 aliphatic rings. The highest BCUT2D eigenvalue weighted by molar-refractivity contribution is 6.01. The first-order valence-corrected chi connectivity index (χ1v) is 43.3. The number of aliphatic hydroxyl groups is 24. The Balaban J connectivity index is 0.808. The standard InChI is InChI=1S/C77H132N6O46/c84-29-37-50(96)57(103)62(108)71(120-37)116-24-21-81(22-25-117-75-68(114)70(128-77-66(112)61(107)54(100)41(33-88)124-77)56(102)43(126-75)35-119-73-64(110)59(105)52(98)39(31-86)122-73)20-10-2-1-7-17-78-44(90)26-82(28-46(92)80-19-9-4-6-14-49(95)129-83-47(93)15-16-48(83)94)27-45(91)79-18-8-3-5-12-36(89)13-11-23-115-74-67(113)69(127-76-65(111)60(106)53(99)40(32-87)123-76)55(101)42(125-74)34-118-72-63(109)58(104)51(97)38(30-85)121-72/h37-43,50-77,84-88,96-114H,1-35H2,(H,78,90)(H,79,91)(H,80,92)/t37-,38-,39-,40-,41-,42-,43-,50-,51-,52-,53-,54-,55-,56-,57+,58+,59+,60+,61+,62+,63+,64+,65+,66+,67+,68+,69+,70+,71-,72+,73+,74-,75+,76-,77-/m1/s1. The predicted molar refractivity (Wildman–Crippen MR) is 418 cm³/mol. The van der Waals surface area contributed by atoms with Crippen LogP contribution in [0.25, 0.3) is 0 Å². The second kappa shape index (κ2) is 54.7. The zero-order valence-corrected chi connectivity index (χ0v) is 71.0. The van der Waals surface area contributed by atoms with Gasteiger partial charge in [-0.25, -0.2) is 4.79 Å². The first kappa shape index (κ1) is 109. The van der Waals surface area contributed by atoms with Gasteiger partial charge in [0, 0.05) is 64.8 Å². The van der Waals surface area contributed by atoms with Crippen molar-refractivity contribution in [2.45, 2.75) is 318 Å². The van der Waals surface area contributed by atoms with Crippen molar-refractivity contribution in [3.8, 4) is 0 Å². The molecule has 52 heteroatoms. The lowest BCUT2D eigenvalue weighted by molar-refractivity contribution is -0.366. The highest BCUT2D eigenvalue weighted by Crippen LogP contribution is 2.35. The van der Waals surface area contributed by atoms with E-state index in [4.69, 9.17) is 71.2 Å². The third kappa shape index (κ3) is 31.6. The smallest absolute Gasteiger partial charge is 0.333 e. The maximum Gasteiger partial charge on any atom is 0.333 e. The van der Waals surface area contributed by atoms with Crippen LogP contribution in [0.4, 0.5) is 0 Å². The van der Waals surface area contributed by atoms with Crippen LogP contribution in [-0.4, -0.2) is 519 Å². The second-order valence-electron chi connectivity index (χ2n) is 32.8. The van der Waals surface area contributed by atoms with E-state index in [1.54, 1.807) is 4.90 Å². The van der Waals surface area contributed by atoms with Crippen LogP contribution in [0.3, 0.4) is 0 Å². The molecule has 0 unspecified atom stereocenters. The molecule has 5 amide bonds. The number of amides is 5. The Morgan fingerprint density at radius 3 is 0.984 bits per heavy atom. The molecule has 746 valence electrons. The number of ether oxygens (including phenoxy) is 14. The minimum atomic E-state index is -2.02. The molecule has 0 aliphatic carbocycles. The molecule has 0 aromatic carbocycles. The van der Waals surface area contributed by atoms with Crippen molar-refractivity contribution in [1.82, 2.24) is 30.8 Å². The van der Waals surface area contributed by atoms with Gasteiger partial charge in [0.15, 0.2) is 44.0 Å². The Morgan fingerprint density at radius 2 is 0.612 bits per heavy atom. The number of ketones is 1. The molecule has 0 spiro atoms. The third-order valence-electron chi connectivity index (χ3n) is 23.1. The number of hydroxylamine groups is 2. The Morgan fingerprint density at radius 1 is 0.310 bits per heavy atom. The minimum absolute atomic E-state index is 0.00375. The zero-order chi connectivity index (χ0) is 94.5. The largest absolute Gasteiger partial charge is 0.394 e. The summed E-state index contributed by atoms with van der Waals surface area (Å²) in [5.74, 6) is -3.92. The summed E-state index contributed by atoms with van der Waals surface area (Å²) in [7, 11) is 0. The van der Waals surface area contributed by atoms with Gasteiger partial charge in [-0.15, -0.1) is 5.06 Å². The summed E-state index contributed by atoms with van der Waals surface area (Å²) in [6.45, 7) is -6.84. The van der Waals surface area contributed by atoms with E-state index in [9.17, 15) is 156 Å². The third-order valence-corrected chi connectivity index (χ3v) is 23.1. The highest BCUT2D eigenvalue weighted by Gasteiger charge is 2.56. The molecule has 8 aliphatic heterocycles. The second-order valence-corrected chi connectivity index (χ2v) is 32.8. The summed E-state index contributed by atoms with van der Waals surface area (Å²) < 4.78 is 79.4. The van der Waals surface area contributed by atoms with Crippen LogP contribution < -0.4 is 16.0 Å². The van der Waals surface area contributed by atoms with Crippen LogP contribution >= 0.6 is 0 Å². The number of nitrogens with one attached hydrogen (secondary N) is 3. The molecule has 0 saturated carbocycles. The first-order valence-electron chi connectivity index (χ1n) is 43.3. The fourth-order valence-corrected chi connectivity index (χ4v) is 15.3. The molecule has 8 rings (SSSR count). The van der Waals surface area contributed by atoms with Crippen molar-refractivity contribution in [1.29, 1.82) is 0 Å². The quantitative estimate of drug-likeness (QED) is 0.0199. The van der Waals surface area contributed by atoms with Gasteiger partial charge in [-0.3, -0.25) is 38.6 Å². The van der Waals surface area contributed by atoms with Crippen molar-refractivity contribution < 1.29 is 227 Å². The molecule has 52 nitrogen and oxygen atoms in total. The van der Waals surface area contributed by atoms with Gasteiger partial charge in [0.05, 0.1) is 85.7 Å². The number of hydrogen-bond donors (Lipinski definition) is 27. The summed E-state index contributed by atoms with van der Waals surface area (Å²) in [6, 6.07) is 0. The van der Waals surface area contributed by atoms with E-state index < -0.39 is 316 Å². The number of aliphatic hydroxyl groups excluding tert-OH is 24. The number of hydrogen-bond acceptors (Lipinski definition) is 48. The van der Waals surface area contributed by atoms with Crippen molar-refractivity contribution in [3.05, 3.63) is 0 Å². The molecule has 8 fully saturated rings. The van der Waals surface area contributed by atoms with Crippen LogP contribution in [0, 0.1) is 0 Å². The van der Waals surface area contributed by atoms with Crippen molar-refractivity contribution in [3.63, 3.8) is 0 Å². The number of carbonyl (C=O) groups is 7. The molecule has 0 aromatic heterocycles. The van der Waals surface area contributed by atoms with Crippen LogP contribution in [0.15, 0.2) is 0 Å². The monoisotopic (exact) mass is 1880 g/mol. The molecule has 8 heterocycles. The molecule has 0 aromatic rings. The summed E-state index contributed by atoms with van der Waals surface area (Å²) in [5, 5.41) is 261. The van der Waals surface area contributed by atoms with Gasteiger partial charge in [0.1, 0.15) is 177 Å². The Bertz CT molecular complexity index is 3320. The zero-order valence-electron chi connectivity index (χ0n) is 71.0. The summed E-state index contributed by atoms with van der Waals surface area (Å²) >= 11 is 0. The highest BCUT2D eigenvalue weighted by atomic mass is 16.8. The van der Waals surface area contributed by atoms with E-state index in [1.807, 2.05) is 0 Å². The Kier molecular flexibility index (Phi) is 46.4. The lowest BCUT2D eigenvalue weighted by atomic mass is 9.96. The average molecular weight is 1880 g/mol. The summed E-state index contributed by atoms with van der Waals surface area (Å²) in [6.07, 6.45) is -57.2. The van der Waals surface area contributed by atoms with E-state index in [2.05, 4.69) is 16.0 Å². The van der Waals surface area contributed by atoms with Gasteiger partial charge < -0.3 is 210 Å². The molecule has 0 bridgehead atoms. The number of imide groups is 1. The van der Waals surface area contributed by atoms with E-state index in [-0.39, 0.29) is 110 Å². The normalized spacial score (nSPS) is 37.6. The number of rotatable bonds is 54. The van der Waals surface area contributed by atoms with E-state index >= 15 is 0 Å². The van der Waals surface area contributed by atoms with E-state index in [0.29, 0.717) is 62.9 Å². The summed E-state index contributed by atoms with van der Waals surface area (Å²) in [5.41, 5.74) is 0. The Hall–Kier alpha value is -4.91. The van der Waals surface area contributed by atoms with Crippen LogP contribution in [0.5, 0.6) is 0 Å². The lowest BCUT2D eigenvalue weighted by Crippen LogP contribution is -2.65. The maximum absolute atomic E-state index is 13.6. The fraction of sp³-hybridized carbons (Fsp3) is 0.909. The van der Waals surface area contributed by atoms with E-state index in [1.165, 1.54) is 4.90 Å². The van der Waals surface area contributed by atoms with Crippen molar-refractivity contribution in [2.75, 3.05) is 125 Å². The predicted octanol–water partition coefficient (Wildman–Crippen LogP) is -15.7. The molecule has 8 saturated heterocycles. The molecule has 27 N–H and O–H groups in total. The van der Waals surface area contributed by atoms with Crippen LogP contribution in [0.1, 0.15) is 103 Å². The summed E-state index contributed by atoms with van der Waals surface area (Å²) in [4.78, 5) is 97.5. The number of carbonyl (C=O) groups excluding carboxylic acids is 7. The molecule has 0 radical (unpaired) electrons. The molecule has 129 heavy (non-hydrogen) atoms. The van der Waals surface area contributed by atoms with Crippen molar-refractivity contribution >= 4 is 41.3 Å². The van der Waals surface area contributed by atoms with Gasteiger partial charge in [0.2, 0.25) is 17.7 Å². The van der Waals surface area contributed by atoms with Gasteiger partial charge in [0.25, 0.3) is 11.8 Å². The number of unbranched alkanes of at least 4 members (excludes halogenated alkanes) is 7. The molecular weight excluding hydrogens is 1740 g/mol. The van der Waals surface area contributed by atoms with Crippen molar-refractivity contribution in [2.24, 2.45) is 0 Å². The van der Waals surface area contributed by atoms with Gasteiger partial charge in [-0.2, -0.15) is 0 Å². The molecular formula is C77H132N6O46. The maximum atomic E-state index is 13.6. The van der Waals surface area contributed by atoms with Gasteiger partial charge >= 0.3 is 5.97 Å². The van der Waals surface area contributed by atoms with Gasteiger partial charge in [-0.1, -0.05) is 25.7 Å². The average Bonchev–Trinajstić information content (AvgIpc) is 1.73. The Labute approximate surface area is 739 Å². The minimum Gasteiger partial charge on any atom is -0.394 e. The topological polar surface area (TPSA) is 789 Å². The van der Waals surface area contributed by atoms with Crippen LogP contribution in [-0.2, 0) is 105 Å². The number of nitrogens with zero attached hydrogens (tertiary/aromatic N) is 3. The van der Waals surface area contributed by atoms with E-state index in [0.717, 1.165) is 0 Å². The molecule has 35 atom stereocenters. The van der Waals surface area contributed by atoms with Gasteiger partial charge in [-0.05, 0) is 51.5 Å².